The number of allylic oxidation sites excluding steroid dienone is 2. The van der Waals surface area contributed by atoms with Crippen LogP contribution in [0, 0.1) is 11.8 Å². The summed E-state index contributed by atoms with van der Waals surface area (Å²) >= 11 is 0. The summed E-state index contributed by atoms with van der Waals surface area (Å²) in [7, 11) is 0. The van der Waals surface area contributed by atoms with E-state index in [-0.39, 0.29) is 0 Å². The summed E-state index contributed by atoms with van der Waals surface area (Å²) < 4.78 is 0. The van der Waals surface area contributed by atoms with E-state index in [0.717, 1.165) is 25.2 Å². The molecule has 0 aromatic rings. The summed E-state index contributed by atoms with van der Waals surface area (Å²) in [6, 6.07) is 0. The van der Waals surface area contributed by atoms with Gasteiger partial charge in [0.25, 0.3) is 0 Å². The molecule has 0 aromatic heterocycles. The van der Waals surface area contributed by atoms with Gasteiger partial charge in [-0.1, -0.05) is 31.4 Å². The largest absolute Gasteiger partial charge is 0.300 e. The maximum absolute atomic E-state index is 11.3. The number of Topliss-reactive ketones (excluding diaryl/α,β-unsaturated/α-hetero) is 1. The van der Waals surface area contributed by atoms with Gasteiger partial charge in [-0.2, -0.15) is 0 Å². The van der Waals surface area contributed by atoms with E-state index in [1.807, 2.05) is 0 Å². The summed E-state index contributed by atoms with van der Waals surface area (Å²) in [5.41, 5.74) is 0. The number of carbonyl (C=O) groups excluding carboxylic acids is 1. The molecule has 1 atom stereocenters. The molecule has 0 heterocycles. The lowest BCUT2D eigenvalue weighted by molar-refractivity contribution is -0.121. The van der Waals surface area contributed by atoms with Crippen molar-refractivity contribution in [3.63, 3.8) is 0 Å². The topological polar surface area (TPSA) is 17.1 Å². The molecule has 15 heavy (non-hydrogen) atoms. The van der Waals surface area contributed by atoms with Crippen LogP contribution in [0.1, 0.15) is 57.8 Å². The lowest BCUT2D eigenvalue weighted by Crippen LogP contribution is -2.13. The van der Waals surface area contributed by atoms with Crippen molar-refractivity contribution >= 4 is 5.78 Å². The highest BCUT2D eigenvalue weighted by molar-refractivity contribution is 5.79. The van der Waals surface area contributed by atoms with Crippen LogP contribution in [0.3, 0.4) is 0 Å². The van der Waals surface area contributed by atoms with Crippen molar-refractivity contribution in [3.05, 3.63) is 12.2 Å². The first kappa shape index (κ1) is 10.9. The number of rotatable bonds is 2. The third-order valence-corrected chi connectivity index (χ3v) is 3.83. The molecule has 0 bridgehead atoms. The van der Waals surface area contributed by atoms with Gasteiger partial charge in [-0.25, -0.2) is 0 Å². The highest BCUT2D eigenvalue weighted by Gasteiger charge is 2.17. The zero-order valence-corrected chi connectivity index (χ0v) is 9.58. The lowest BCUT2D eigenvalue weighted by atomic mass is 9.84. The van der Waals surface area contributed by atoms with Crippen molar-refractivity contribution in [1.82, 2.24) is 0 Å². The Bertz CT molecular complexity index is 236. The molecule has 0 saturated heterocycles. The van der Waals surface area contributed by atoms with Gasteiger partial charge in [0.15, 0.2) is 0 Å². The predicted octanol–water partition coefficient (Wildman–Crippen LogP) is 3.88. The van der Waals surface area contributed by atoms with Crippen LogP contribution in [0.5, 0.6) is 0 Å². The van der Waals surface area contributed by atoms with E-state index < -0.39 is 0 Å². The maximum atomic E-state index is 11.3. The molecule has 0 spiro atoms. The highest BCUT2D eigenvalue weighted by Crippen LogP contribution is 2.27. The van der Waals surface area contributed by atoms with E-state index in [2.05, 4.69) is 12.2 Å². The molecular formula is C14H22O. The summed E-state index contributed by atoms with van der Waals surface area (Å²) in [4.78, 5) is 11.3. The minimum Gasteiger partial charge on any atom is -0.300 e. The van der Waals surface area contributed by atoms with Gasteiger partial charge in [0.05, 0.1) is 0 Å². The third-order valence-electron chi connectivity index (χ3n) is 3.83. The molecule has 0 unspecified atom stereocenters. The SMILES string of the molecule is O=C1CCC[C@H](/C=C/C2CCCCC2)C1. The van der Waals surface area contributed by atoms with Gasteiger partial charge in [-0.05, 0) is 37.5 Å². The van der Waals surface area contributed by atoms with Crippen LogP contribution in [0.25, 0.3) is 0 Å². The average Bonchev–Trinajstić information content (AvgIpc) is 2.28. The Morgan fingerprint density at radius 3 is 2.27 bits per heavy atom. The molecule has 1 heteroatoms. The number of hydrogen-bond acceptors (Lipinski definition) is 1. The molecule has 2 fully saturated rings. The number of hydrogen-bond donors (Lipinski definition) is 0. The molecule has 2 aliphatic carbocycles. The first-order valence-corrected chi connectivity index (χ1v) is 6.54. The fraction of sp³-hybridized carbons (Fsp3) is 0.786. The normalized spacial score (nSPS) is 29.9. The Kier molecular flexibility index (Phi) is 3.99. The quantitative estimate of drug-likeness (QED) is 0.627. The summed E-state index contributed by atoms with van der Waals surface area (Å²) in [6.07, 6.45) is 15.7. The van der Waals surface area contributed by atoms with Gasteiger partial charge >= 0.3 is 0 Å². The molecular weight excluding hydrogens is 184 g/mol. The van der Waals surface area contributed by atoms with E-state index in [9.17, 15) is 4.79 Å². The van der Waals surface area contributed by atoms with Crippen LogP contribution in [0.2, 0.25) is 0 Å². The van der Waals surface area contributed by atoms with Crippen molar-refractivity contribution in [1.29, 1.82) is 0 Å². The first-order valence-electron chi connectivity index (χ1n) is 6.54. The Morgan fingerprint density at radius 1 is 0.867 bits per heavy atom. The Morgan fingerprint density at radius 2 is 1.53 bits per heavy atom. The van der Waals surface area contributed by atoms with Crippen LogP contribution >= 0.6 is 0 Å². The second kappa shape index (κ2) is 5.48. The lowest BCUT2D eigenvalue weighted by Gasteiger charge is -2.20. The minimum absolute atomic E-state index is 0.472. The van der Waals surface area contributed by atoms with E-state index in [1.54, 1.807) is 0 Å². The second-order valence-electron chi connectivity index (χ2n) is 5.18. The highest BCUT2D eigenvalue weighted by atomic mass is 16.1. The molecule has 0 aromatic carbocycles. The Labute approximate surface area is 92.9 Å². The van der Waals surface area contributed by atoms with Crippen LogP contribution in [0.15, 0.2) is 12.2 Å². The third kappa shape index (κ3) is 3.48. The van der Waals surface area contributed by atoms with E-state index in [1.165, 1.54) is 38.5 Å². The fourth-order valence-corrected chi connectivity index (χ4v) is 2.86. The van der Waals surface area contributed by atoms with Crippen molar-refractivity contribution in [2.75, 3.05) is 0 Å². The number of ketones is 1. The molecule has 2 aliphatic rings. The van der Waals surface area contributed by atoms with Crippen molar-refractivity contribution in [2.24, 2.45) is 11.8 Å². The van der Waals surface area contributed by atoms with Crippen LogP contribution in [0.4, 0.5) is 0 Å². The molecule has 0 radical (unpaired) electrons. The molecule has 0 N–H and O–H groups in total. The van der Waals surface area contributed by atoms with Crippen LogP contribution < -0.4 is 0 Å². The maximum Gasteiger partial charge on any atom is 0.133 e. The Hall–Kier alpha value is -0.590. The van der Waals surface area contributed by atoms with E-state index in [0.29, 0.717) is 11.7 Å². The van der Waals surface area contributed by atoms with Crippen molar-refractivity contribution in [2.45, 2.75) is 57.8 Å². The van der Waals surface area contributed by atoms with E-state index >= 15 is 0 Å². The van der Waals surface area contributed by atoms with Gasteiger partial charge in [-0.3, -0.25) is 4.79 Å². The van der Waals surface area contributed by atoms with Crippen LogP contribution in [-0.2, 0) is 4.79 Å². The van der Waals surface area contributed by atoms with Gasteiger partial charge < -0.3 is 0 Å². The van der Waals surface area contributed by atoms with Crippen molar-refractivity contribution < 1.29 is 4.79 Å². The fourth-order valence-electron chi connectivity index (χ4n) is 2.86. The predicted molar refractivity (Wildman–Crippen MR) is 62.7 cm³/mol. The van der Waals surface area contributed by atoms with Gasteiger partial charge in [0.1, 0.15) is 5.78 Å². The molecule has 2 saturated carbocycles. The molecule has 84 valence electrons. The molecule has 0 aliphatic heterocycles. The standard InChI is InChI=1S/C14H22O/c15-14-8-4-7-13(11-14)10-9-12-5-2-1-3-6-12/h9-10,12-13H,1-8,11H2/b10-9+/t13-/m1/s1. The minimum atomic E-state index is 0.472. The van der Waals surface area contributed by atoms with E-state index in [4.69, 9.17) is 0 Å². The average molecular weight is 206 g/mol. The monoisotopic (exact) mass is 206 g/mol. The Balaban J connectivity index is 1.78. The molecule has 2 rings (SSSR count). The first-order chi connectivity index (χ1) is 7.34. The van der Waals surface area contributed by atoms with Crippen molar-refractivity contribution in [3.8, 4) is 0 Å². The molecule has 1 nitrogen and oxygen atoms in total. The van der Waals surface area contributed by atoms with Crippen LogP contribution in [-0.4, -0.2) is 5.78 Å². The number of carbonyl (C=O) groups is 1. The van der Waals surface area contributed by atoms with Gasteiger partial charge in [0.2, 0.25) is 0 Å². The second-order valence-corrected chi connectivity index (χ2v) is 5.18. The smallest absolute Gasteiger partial charge is 0.133 e. The van der Waals surface area contributed by atoms with Gasteiger partial charge in [0, 0.05) is 12.8 Å². The van der Waals surface area contributed by atoms with Gasteiger partial charge in [-0.15, -0.1) is 0 Å². The summed E-state index contributed by atoms with van der Waals surface area (Å²) in [6.45, 7) is 0. The zero-order valence-electron chi connectivity index (χ0n) is 9.58. The summed E-state index contributed by atoms with van der Waals surface area (Å²) in [5, 5.41) is 0. The molecule has 0 amide bonds. The zero-order chi connectivity index (χ0) is 10.5. The summed E-state index contributed by atoms with van der Waals surface area (Å²) in [5.74, 6) is 1.85.